The van der Waals surface area contributed by atoms with Crippen molar-refractivity contribution < 1.29 is 17.9 Å². The first-order valence-electron chi connectivity index (χ1n) is 7.71. The van der Waals surface area contributed by atoms with Gasteiger partial charge in [-0.1, -0.05) is 30.3 Å². The van der Waals surface area contributed by atoms with Crippen LogP contribution in [0.4, 0.5) is 5.95 Å². The molecule has 0 aliphatic carbocycles. The van der Waals surface area contributed by atoms with Gasteiger partial charge in [0.05, 0.1) is 30.3 Å². The van der Waals surface area contributed by atoms with Crippen molar-refractivity contribution in [2.75, 3.05) is 12.3 Å². The maximum atomic E-state index is 13.0. The molecule has 0 fully saturated rings. The topological polar surface area (TPSA) is 117 Å². The molecule has 0 unspecified atom stereocenters. The molecule has 26 heavy (non-hydrogen) atoms. The third-order valence-electron chi connectivity index (χ3n) is 3.57. The molecule has 0 bridgehead atoms. The highest BCUT2D eigenvalue weighted by Gasteiger charge is 2.24. The highest BCUT2D eigenvalue weighted by atomic mass is 32.2. The van der Waals surface area contributed by atoms with Crippen LogP contribution in [0.15, 0.2) is 59.9 Å². The molecule has 2 heterocycles. The van der Waals surface area contributed by atoms with E-state index in [2.05, 4.69) is 9.97 Å². The fraction of sp³-hybridized carbons (Fsp3) is 0.118. The molecular formula is C17H16N4O4S. The molecule has 0 saturated carbocycles. The van der Waals surface area contributed by atoms with E-state index in [0.29, 0.717) is 11.3 Å². The van der Waals surface area contributed by atoms with Crippen LogP contribution < -0.4 is 5.73 Å². The van der Waals surface area contributed by atoms with Gasteiger partial charge in [0.2, 0.25) is 5.95 Å². The lowest BCUT2D eigenvalue weighted by Gasteiger charge is -2.10. The number of esters is 1. The Kier molecular flexibility index (Phi) is 4.72. The number of hydrogen-bond acceptors (Lipinski definition) is 7. The van der Waals surface area contributed by atoms with E-state index in [4.69, 9.17) is 10.5 Å². The smallest absolute Gasteiger partial charge is 0.339 e. The average Bonchev–Trinajstić information content (AvgIpc) is 3.09. The van der Waals surface area contributed by atoms with Crippen LogP contribution in [0.3, 0.4) is 0 Å². The van der Waals surface area contributed by atoms with E-state index < -0.39 is 16.0 Å². The number of aromatic nitrogens is 3. The number of hydrogen-bond donors (Lipinski definition) is 1. The predicted octanol–water partition coefficient (Wildman–Crippen LogP) is 1.94. The summed E-state index contributed by atoms with van der Waals surface area (Å²) in [6.45, 7) is 1.86. The van der Waals surface area contributed by atoms with E-state index in [-0.39, 0.29) is 23.0 Å². The summed E-state index contributed by atoms with van der Waals surface area (Å²) in [5, 5.41) is 0. The summed E-state index contributed by atoms with van der Waals surface area (Å²) in [5.41, 5.74) is 6.50. The molecule has 2 aromatic heterocycles. The lowest BCUT2D eigenvalue weighted by molar-refractivity contribution is 0.0526. The van der Waals surface area contributed by atoms with Gasteiger partial charge in [0.1, 0.15) is 4.90 Å². The molecule has 134 valence electrons. The van der Waals surface area contributed by atoms with Crippen molar-refractivity contribution >= 4 is 21.9 Å². The number of benzene rings is 1. The van der Waals surface area contributed by atoms with Crippen molar-refractivity contribution in [2.45, 2.75) is 11.8 Å². The van der Waals surface area contributed by atoms with Crippen molar-refractivity contribution in [3.8, 4) is 11.3 Å². The Bertz CT molecular complexity index is 1030. The van der Waals surface area contributed by atoms with E-state index in [0.717, 1.165) is 16.4 Å². The number of ether oxygens (including phenoxy) is 1. The molecule has 3 rings (SSSR count). The second kappa shape index (κ2) is 6.96. The Morgan fingerprint density at radius 1 is 1.19 bits per heavy atom. The second-order valence-corrected chi connectivity index (χ2v) is 7.09. The van der Waals surface area contributed by atoms with Gasteiger partial charge in [-0.2, -0.15) is 0 Å². The highest BCUT2D eigenvalue weighted by Crippen LogP contribution is 2.27. The SMILES string of the molecule is CCOC(=O)c1cc(-c2ccccc2)n(S(=O)(=O)c2cnc(N)nc2)c1. The van der Waals surface area contributed by atoms with Crippen LogP contribution in [-0.2, 0) is 14.8 Å². The van der Waals surface area contributed by atoms with Crippen LogP contribution in [0, 0.1) is 0 Å². The summed E-state index contributed by atoms with van der Waals surface area (Å²) < 4.78 is 32.0. The molecule has 9 heteroatoms. The van der Waals surface area contributed by atoms with Gasteiger partial charge in [-0.15, -0.1) is 0 Å². The zero-order valence-electron chi connectivity index (χ0n) is 13.9. The minimum absolute atomic E-state index is 0.0352. The number of anilines is 1. The third-order valence-corrected chi connectivity index (χ3v) is 5.20. The molecule has 0 aliphatic rings. The Balaban J connectivity index is 2.18. The molecule has 2 N–H and O–H groups in total. The molecule has 0 radical (unpaired) electrons. The standard InChI is InChI=1S/C17H16N4O4S/c1-2-25-16(22)13-8-15(12-6-4-3-5-7-12)21(11-13)26(23,24)14-9-19-17(18)20-10-14/h3-11H,2H2,1H3,(H2,18,19,20). The number of carbonyl (C=O) groups is 1. The largest absolute Gasteiger partial charge is 0.462 e. The molecule has 0 aliphatic heterocycles. The Labute approximate surface area is 150 Å². The van der Waals surface area contributed by atoms with Gasteiger partial charge in [-0.3, -0.25) is 0 Å². The monoisotopic (exact) mass is 372 g/mol. The molecular weight excluding hydrogens is 356 g/mol. The van der Waals surface area contributed by atoms with Crippen molar-refractivity contribution in [1.29, 1.82) is 0 Å². The normalized spacial score (nSPS) is 11.3. The first kappa shape index (κ1) is 17.6. The van der Waals surface area contributed by atoms with Crippen LogP contribution in [0.2, 0.25) is 0 Å². The number of nitrogens with two attached hydrogens (primary N) is 1. The number of carbonyl (C=O) groups excluding carboxylic acids is 1. The number of nitrogens with zero attached hydrogens (tertiary/aromatic N) is 3. The summed E-state index contributed by atoms with van der Waals surface area (Å²) >= 11 is 0. The van der Waals surface area contributed by atoms with Crippen LogP contribution in [0.1, 0.15) is 17.3 Å². The van der Waals surface area contributed by atoms with Gasteiger partial charge < -0.3 is 10.5 Å². The summed E-state index contributed by atoms with van der Waals surface area (Å²) in [4.78, 5) is 19.4. The first-order chi connectivity index (χ1) is 12.4. The molecule has 0 amide bonds. The lowest BCUT2D eigenvalue weighted by Crippen LogP contribution is -2.14. The number of nitrogen functional groups attached to an aromatic ring is 1. The fourth-order valence-corrected chi connectivity index (χ4v) is 3.63. The fourth-order valence-electron chi connectivity index (χ4n) is 2.36. The summed E-state index contributed by atoms with van der Waals surface area (Å²) in [6.07, 6.45) is 3.47. The molecule has 0 spiro atoms. The quantitative estimate of drug-likeness (QED) is 0.680. The summed E-state index contributed by atoms with van der Waals surface area (Å²) in [7, 11) is -4.03. The zero-order valence-corrected chi connectivity index (χ0v) is 14.7. The minimum atomic E-state index is -4.03. The Morgan fingerprint density at radius 3 is 2.46 bits per heavy atom. The van der Waals surface area contributed by atoms with E-state index in [1.165, 1.54) is 12.3 Å². The average molecular weight is 372 g/mol. The van der Waals surface area contributed by atoms with Gasteiger partial charge in [-0.25, -0.2) is 27.2 Å². The Hall–Kier alpha value is -3.20. The maximum Gasteiger partial charge on any atom is 0.339 e. The Morgan fingerprint density at radius 2 is 1.85 bits per heavy atom. The number of rotatable bonds is 5. The maximum absolute atomic E-state index is 13.0. The van der Waals surface area contributed by atoms with Crippen molar-refractivity contribution in [3.63, 3.8) is 0 Å². The molecule has 0 saturated heterocycles. The van der Waals surface area contributed by atoms with Gasteiger partial charge in [0.15, 0.2) is 0 Å². The van der Waals surface area contributed by atoms with Gasteiger partial charge in [0.25, 0.3) is 10.0 Å². The van der Waals surface area contributed by atoms with Crippen LogP contribution >= 0.6 is 0 Å². The van der Waals surface area contributed by atoms with E-state index in [1.807, 2.05) is 6.07 Å². The lowest BCUT2D eigenvalue weighted by atomic mass is 10.1. The van der Waals surface area contributed by atoms with Crippen LogP contribution in [0.5, 0.6) is 0 Å². The third kappa shape index (κ3) is 3.29. The molecule has 3 aromatic rings. The van der Waals surface area contributed by atoms with E-state index >= 15 is 0 Å². The summed E-state index contributed by atoms with van der Waals surface area (Å²) in [6, 6.07) is 10.3. The highest BCUT2D eigenvalue weighted by molar-refractivity contribution is 7.90. The minimum Gasteiger partial charge on any atom is -0.462 e. The molecule has 8 nitrogen and oxygen atoms in total. The van der Waals surface area contributed by atoms with E-state index in [9.17, 15) is 13.2 Å². The molecule has 0 atom stereocenters. The second-order valence-electron chi connectivity index (χ2n) is 5.28. The van der Waals surface area contributed by atoms with Crippen molar-refractivity contribution in [2.24, 2.45) is 0 Å². The van der Waals surface area contributed by atoms with Crippen LogP contribution in [0.25, 0.3) is 11.3 Å². The predicted molar refractivity (Wildman–Crippen MR) is 94.9 cm³/mol. The van der Waals surface area contributed by atoms with Gasteiger partial charge in [0, 0.05) is 6.20 Å². The van der Waals surface area contributed by atoms with Gasteiger partial charge in [-0.05, 0) is 18.6 Å². The van der Waals surface area contributed by atoms with Crippen molar-refractivity contribution in [3.05, 3.63) is 60.6 Å². The first-order valence-corrected chi connectivity index (χ1v) is 9.15. The summed E-state index contributed by atoms with van der Waals surface area (Å²) in [5.74, 6) is -0.640. The molecule has 1 aromatic carbocycles. The van der Waals surface area contributed by atoms with Gasteiger partial charge >= 0.3 is 5.97 Å². The van der Waals surface area contributed by atoms with Crippen molar-refractivity contribution in [1.82, 2.24) is 13.9 Å². The zero-order chi connectivity index (χ0) is 18.7. The van der Waals surface area contributed by atoms with E-state index in [1.54, 1.807) is 31.2 Å². The van der Waals surface area contributed by atoms with Crippen LogP contribution in [-0.4, -0.2) is 34.9 Å².